The minimum atomic E-state index is 0.259. The lowest BCUT2D eigenvalue weighted by atomic mass is 10.4. The first-order valence-electron chi connectivity index (χ1n) is 4.42. The molecule has 0 spiro atoms. The average Bonchev–Trinajstić information content (AvgIpc) is 2.25. The van der Waals surface area contributed by atoms with E-state index in [-0.39, 0.29) is 6.01 Å². The Bertz CT molecular complexity index is 394. The number of nitrogens with two attached hydrogens (primary N) is 1. The number of hydrogen-bond acceptors (Lipinski definition) is 5. The van der Waals surface area contributed by atoms with E-state index in [1.807, 2.05) is 19.1 Å². The Morgan fingerprint density at radius 3 is 2.40 bits per heavy atom. The number of nitrogen functional groups attached to an aromatic ring is 1. The number of nitrogens with zero attached hydrogens (tertiary/aromatic N) is 3. The molecule has 2 aromatic heterocycles. The molecule has 2 N–H and O–H groups in total. The van der Waals surface area contributed by atoms with Gasteiger partial charge in [0.25, 0.3) is 0 Å². The van der Waals surface area contributed by atoms with Gasteiger partial charge < -0.3 is 10.5 Å². The Morgan fingerprint density at radius 2 is 1.80 bits per heavy atom. The Labute approximate surface area is 87.0 Å². The molecule has 0 atom stereocenters. The lowest BCUT2D eigenvalue weighted by molar-refractivity contribution is 0.440. The molecule has 5 nitrogen and oxygen atoms in total. The highest BCUT2D eigenvalue weighted by Crippen LogP contribution is 2.16. The normalized spacial score (nSPS) is 9.93. The molecule has 0 saturated carbocycles. The first-order chi connectivity index (χ1) is 7.24. The van der Waals surface area contributed by atoms with E-state index in [0.29, 0.717) is 11.4 Å². The van der Waals surface area contributed by atoms with Crippen LogP contribution >= 0.6 is 0 Å². The van der Waals surface area contributed by atoms with Crippen LogP contribution < -0.4 is 10.5 Å². The van der Waals surface area contributed by atoms with Gasteiger partial charge in [0.15, 0.2) is 0 Å². The summed E-state index contributed by atoms with van der Waals surface area (Å²) in [4.78, 5) is 11.9. The summed E-state index contributed by atoms with van der Waals surface area (Å²) in [7, 11) is 0. The zero-order chi connectivity index (χ0) is 10.7. The fourth-order valence-electron chi connectivity index (χ4n) is 0.999. The third-order valence-electron chi connectivity index (χ3n) is 1.74. The van der Waals surface area contributed by atoms with Crippen LogP contribution in [0.4, 0.5) is 5.69 Å². The van der Waals surface area contributed by atoms with Gasteiger partial charge in [-0.2, -0.15) is 0 Å². The Morgan fingerprint density at radius 1 is 1.07 bits per heavy atom. The third kappa shape index (κ3) is 2.40. The predicted octanol–water partition coefficient (Wildman–Crippen LogP) is 1.55. The van der Waals surface area contributed by atoms with Gasteiger partial charge in [-0.05, 0) is 19.1 Å². The first kappa shape index (κ1) is 9.39. The Hall–Kier alpha value is -2.17. The smallest absolute Gasteiger partial charge is 0.322 e. The van der Waals surface area contributed by atoms with E-state index in [1.165, 1.54) is 12.4 Å². The van der Waals surface area contributed by atoms with Gasteiger partial charge in [-0.3, -0.25) is 4.98 Å². The predicted molar refractivity (Wildman–Crippen MR) is 55.5 cm³/mol. The zero-order valence-electron chi connectivity index (χ0n) is 8.21. The van der Waals surface area contributed by atoms with Crippen LogP contribution in [0.1, 0.15) is 5.69 Å². The molecule has 0 bridgehead atoms. The zero-order valence-corrected chi connectivity index (χ0v) is 8.21. The monoisotopic (exact) mass is 202 g/mol. The van der Waals surface area contributed by atoms with Crippen molar-refractivity contribution in [2.45, 2.75) is 6.92 Å². The van der Waals surface area contributed by atoms with Crippen molar-refractivity contribution in [2.24, 2.45) is 0 Å². The summed E-state index contributed by atoms with van der Waals surface area (Å²) in [6, 6.07) is 3.92. The van der Waals surface area contributed by atoms with Crippen LogP contribution in [0.2, 0.25) is 0 Å². The highest BCUT2D eigenvalue weighted by Gasteiger charge is 1.99. The molecule has 0 unspecified atom stereocenters. The maximum atomic E-state index is 5.45. The van der Waals surface area contributed by atoms with E-state index in [0.717, 1.165) is 5.69 Å². The van der Waals surface area contributed by atoms with E-state index in [2.05, 4.69) is 15.0 Å². The molecule has 0 aliphatic rings. The maximum absolute atomic E-state index is 5.45. The fourth-order valence-corrected chi connectivity index (χ4v) is 0.999. The molecule has 2 heterocycles. The average molecular weight is 202 g/mol. The van der Waals surface area contributed by atoms with Gasteiger partial charge in [0, 0.05) is 5.69 Å². The van der Waals surface area contributed by atoms with Gasteiger partial charge in [0.05, 0.1) is 24.3 Å². The third-order valence-corrected chi connectivity index (χ3v) is 1.74. The molecular formula is C10H10N4O. The SMILES string of the molecule is Cc1ccc(Oc2ncc(N)cn2)cn1. The number of ether oxygens (including phenoxy) is 1. The summed E-state index contributed by atoms with van der Waals surface area (Å²) in [5, 5.41) is 0. The number of aromatic nitrogens is 3. The van der Waals surface area contributed by atoms with Crippen molar-refractivity contribution in [1.82, 2.24) is 15.0 Å². The summed E-state index contributed by atoms with van der Waals surface area (Å²) >= 11 is 0. The standard InChI is InChI=1S/C10H10N4O/c1-7-2-3-9(6-12-7)15-10-13-4-8(11)5-14-10/h2-6H,11H2,1H3. The molecule has 15 heavy (non-hydrogen) atoms. The molecule has 0 saturated heterocycles. The molecule has 76 valence electrons. The molecule has 0 aliphatic heterocycles. The van der Waals surface area contributed by atoms with Crippen LogP contribution in [0.3, 0.4) is 0 Å². The summed E-state index contributed by atoms with van der Waals surface area (Å²) in [6.07, 6.45) is 4.60. The summed E-state index contributed by atoms with van der Waals surface area (Å²) in [6.45, 7) is 1.91. The molecular weight excluding hydrogens is 192 g/mol. The minimum Gasteiger partial charge on any atom is -0.423 e. The van der Waals surface area contributed by atoms with Crippen LogP contribution in [-0.4, -0.2) is 15.0 Å². The number of aryl methyl sites for hydroxylation is 1. The largest absolute Gasteiger partial charge is 0.423 e. The van der Waals surface area contributed by atoms with Crippen molar-refractivity contribution < 1.29 is 4.74 Å². The molecule has 0 radical (unpaired) electrons. The number of hydrogen-bond donors (Lipinski definition) is 1. The van der Waals surface area contributed by atoms with E-state index < -0.39 is 0 Å². The van der Waals surface area contributed by atoms with Gasteiger partial charge in [-0.15, -0.1) is 0 Å². The molecule has 0 aromatic carbocycles. The molecule has 2 aromatic rings. The maximum Gasteiger partial charge on any atom is 0.322 e. The second kappa shape index (κ2) is 3.91. The van der Waals surface area contributed by atoms with Crippen molar-refractivity contribution in [1.29, 1.82) is 0 Å². The van der Waals surface area contributed by atoms with Gasteiger partial charge in [0.1, 0.15) is 5.75 Å². The molecule has 2 rings (SSSR count). The van der Waals surface area contributed by atoms with Crippen molar-refractivity contribution in [2.75, 3.05) is 5.73 Å². The second-order valence-corrected chi connectivity index (χ2v) is 3.04. The topological polar surface area (TPSA) is 73.9 Å². The van der Waals surface area contributed by atoms with Crippen molar-refractivity contribution in [3.63, 3.8) is 0 Å². The molecule has 0 aliphatic carbocycles. The number of pyridine rings is 1. The lowest BCUT2D eigenvalue weighted by Gasteiger charge is -2.02. The van der Waals surface area contributed by atoms with Crippen LogP contribution in [0.25, 0.3) is 0 Å². The Kier molecular flexibility index (Phi) is 2.45. The van der Waals surface area contributed by atoms with Gasteiger partial charge in [-0.1, -0.05) is 0 Å². The lowest BCUT2D eigenvalue weighted by Crippen LogP contribution is -1.94. The van der Waals surface area contributed by atoms with Gasteiger partial charge >= 0.3 is 6.01 Å². The minimum absolute atomic E-state index is 0.259. The first-order valence-corrected chi connectivity index (χ1v) is 4.42. The Balaban J connectivity index is 2.15. The highest BCUT2D eigenvalue weighted by molar-refractivity contribution is 5.31. The van der Waals surface area contributed by atoms with Gasteiger partial charge in [-0.25, -0.2) is 9.97 Å². The van der Waals surface area contributed by atoms with Crippen molar-refractivity contribution in [3.05, 3.63) is 36.4 Å². The van der Waals surface area contributed by atoms with E-state index in [1.54, 1.807) is 6.20 Å². The van der Waals surface area contributed by atoms with E-state index in [9.17, 15) is 0 Å². The van der Waals surface area contributed by atoms with Crippen LogP contribution in [-0.2, 0) is 0 Å². The fraction of sp³-hybridized carbons (Fsp3) is 0.100. The summed E-state index contributed by atoms with van der Waals surface area (Å²) in [5.74, 6) is 0.602. The molecule has 0 amide bonds. The summed E-state index contributed by atoms with van der Waals surface area (Å²) in [5.41, 5.74) is 6.88. The second-order valence-electron chi connectivity index (χ2n) is 3.04. The van der Waals surface area contributed by atoms with Crippen LogP contribution in [0.5, 0.6) is 11.8 Å². The van der Waals surface area contributed by atoms with Gasteiger partial charge in [0.2, 0.25) is 0 Å². The van der Waals surface area contributed by atoms with Crippen molar-refractivity contribution in [3.8, 4) is 11.8 Å². The van der Waals surface area contributed by atoms with Crippen LogP contribution in [0, 0.1) is 6.92 Å². The number of anilines is 1. The summed E-state index contributed by atoms with van der Waals surface area (Å²) < 4.78 is 5.35. The van der Waals surface area contributed by atoms with Crippen LogP contribution in [0.15, 0.2) is 30.7 Å². The van der Waals surface area contributed by atoms with E-state index >= 15 is 0 Å². The molecule has 5 heteroatoms. The van der Waals surface area contributed by atoms with Crippen molar-refractivity contribution >= 4 is 5.69 Å². The van der Waals surface area contributed by atoms with E-state index in [4.69, 9.17) is 10.5 Å². The highest BCUT2D eigenvalue weighted by atomic mass is 16.5. The number of rotatable bonds is 2. The quantitative estimate of drug-likeness (QED) is 0.799. The molecule has 0 fully saturated rings.